The van der Waals surface area contributed by atoms with Gasteiger partial charge in [0.15, 0.2) is 17.0 Å². The number of carboxylic acid groups (broad SMARTS) is 2. The number of hydrogen-bond donors (Lipinski definition) is 5. The molecule has 13 nitrogen and oxygen atoms in total. The standard InChI is InChI=1S/C20H24N8O5/c1-28(9-11-8-23-17-15(24-11)16(21)26-20(22)27-17)12-4-2-10(3-5-12)18(31)25-13(19(32)33)6-7-14(29)30/h2-4,8,12-13H,5-7,9H2,1H3,(H,25,31)(H,29,30)(H,32,33)(H4,21,22,23,26,27)/t12?,13-/m0/s1/i2+1,3+1,4+1,5+1,10+1,12+1. The van der Waals surface area contributed by atoms with E-state index < -0.39 is 23.9 Å². The number of hydrogen-bond acceptors (Lipinski definition) is 10. The molecule has 1 amide bonds. The van der Waals surface area contributed by atoms with Crippen LogP contribution in [0.15, 0.2) is 30.0 Å². The second-order valence-corrected chi connectivity index (χ2v) is 7.53. The van der Waals surface area contributed by atoms with Crippen LogP contribution in [0.4, 0.5) is 11.8 Å². The van der Waals surface area contributed by atoms with Crippen LogP contribution < -0.4 is 16.8 Å². The maximum Gasteiger partial charge on any atom is 0.326 e. The molecule has 0 aliphatic heterocycles. The van der Waals surface area contributed by atoms with Gasteiger partial charge in [-0.1, -0.05) is 18.2 Å². The molecule has 1 aliphatic carbocycles. The van der Waals surface area contributed by atoms with Crippen molar-refractivity contribution in [1.29, 1.82) is 0 Å². The van der Waals surface area contributed by atoms with E-state index in [1.807, 2.05) is 18.0 Å². The van der Waals surface area contributed by atoms with E-state index >= 15 is 0 Å². The topological polar surface area (TPSA) is 211 Å². The minimum Gasteiger partial charge on any atom is -0.481 e. The van der Waals surface area contributed by atoms with Crippen molar-refractivity contribution >= 4 is 40.8 Å². The normalized spacial score (nSPS) is 16.4. The molecule has 2 heterocycles. The Morgan fingerprint density at radius 1 is 1.24 bits per heavy atom. The number of aliphatic carboxylic acids is 2. The third-order valence-corrected chi connectivity index (χ3v) is 5.07. The number of carboxylic acids is 2. The number of nitrogens with one attached hydrogen (secondary N) is 1. The van der Waals surface area contributed by atoms with Crippen LogP contribution in [-0.2, 0) is 20.9 Å². The molecule has 1 unspecified atom stereocenters. The van der Waals surface area contributed by atoms with Gasteiger partial charge in [-0.2, -0.15) is 9.97 Å². The number of nitrogen functional groups attached to an aromatic ring is 2. The highest BCUT2D eigenvalue weighted by atomic mass is 16.4. The zero-order valence-corrected chi connectivity index (χ0v) is 17.8. The number of nitrogens with two attached hydrogens (primary N) is 2. The van der Waals surface area contributed by atoms with Crippen LogP contribution in [0.2, 0.25) is 0 Å². The molecule has 0 saturated carbocycles. The fraction of sp³-hybridized carbons (Fsp3) is 0.350. The second-order valence-electron chi connectivity index (χ2n) is 7.53. The highest BCUT2D eigenvalue weighted by Crippen LogP contribution is 2.19. The maximum atomic E-state index is 12.4. The van der Waals surface area contributed by atoms with Crippen molar-refractivity contribution in [1.82, 2.24) is 30.2 Å². The molecule has 2 aromatic heterocycles. The lowest BCUT2D eigenvalue weighted by molar-refractivity contribution is -0.142. The summed E-state index contributed by atoms with van der Waals surface area (Å²) < 4.78 is 0. The molecule has 1 aliphatic rings. The van der Waals surface area contributed by atoms with E-state index in [4.69, 9.17) is 16.6 Å². The largest absolute Gasteiger partial charge is 0.481 e. The summed E-state index contributed by atoms with van der Waals surface area (Å²) >= 11 is 0. The Labute approximate surface area is 188 Å². The first-order chi connectivity index (χ1) is 15.6. The molecule has 0 fully saturated rings. The predicted octanol–water partition coefficient (Wildman–Crippen LogP) is -0.295. The van der Waals surface area contributed by atoms with Crippen molar-refractivity contribution in [3.8, 4) is 0 Å². The summed E-state index contributed by atoms with van der Waals surface area (Å²) in [6, 6.07) is -1.32. The number of carbonyl (C=O) groups excluding carboxylic acids is 1. The van der Waals surface area contributed by atoms with E-state index in [0.717, 1.165) is 0 Å². The lowest BCUT2D eigenvalue weighted by Gasteiger charge is -2.26. The van der Waals surface area contributed by atoms with Crippen molar-refractivity contribution in [2.75, 3.05) is 18.5 Å². The lowest BCUT2D eigenvalue weighted by Crippen LogP contribution is -2.42. The Morgan fingerprint density at radius 2 is 2.00 bits per heavy atom. The number of nitrogens with zero attached hydrogens (tertiary/aromatic N) is 5. The fourth-order valence-electron chi connectivity index (χ4n) is 3.30. The van der Waals surface area contributed by atoms with Gasteiger partial charge >= 0.3 is 11.9 Å². The lowest BCUT2D eigenvalue weighted by atomic mass is 10.1. The Balaban J connectivity index is 1.60. The third-order valence-electron chi connectivity index (χ3n) is 5.07. The number of fused-ring (bicyclic) bond motifs is 1. The van der Waals surface area contributed by atoms with Crippen molar-refractivity contribution in [2.45, 2.75) is 37.9 Å². The van der Waals surface area contributed by atoms with Crippen LogP contribution in [-0.4, -0.2) is 72.0 Å². The van der Waals surface area contributed by atoms with E-state index in [2.05, 4.69) is 25.3 Å². The van der Waals surface area contributed by atoms with Gasteiger partial charge in [-0.05, 0) is 19.9 Å². The monoisotopic (exact) mass is 462 g/mol. The first-order valence-electron chi connectivity index (χ1n) is 10.0. The number of anilines is 2. The maximum absolute atomic E-state index is 12.4. The zero-order valence-electron chi connectivity index (χ0n) is 17.8. The first-order valence-corrected chi connectivity index (χ1v) is 10.0. The minimum atomic E-state index is -1.28. The van der Waals surface area contributed by atoms with Crippen LogP contribution in [0.5, 0.6) is 0 Å². The van der Waals surface area contributed by atoms with Crippen LogP contribution in [0.3, 0.4) is 0 Å². The summed E-state index contributed by atoms with van der Waals surface area (Å²) in [6.07, 6.45) is 6.66. The fourth-order valence-corrected chi connectivity index (χ4v) is 3.30. The van der Waals surface area contributed by atoms with Crippen molar-refractivity contribution in [3.05, 3.63) is 35.7 Å². The molecule has 7 N–H and O–H groups in total. The quantitative estimate of drug-likeness (QED) is 0.304. The third kappa shape index (κ3) is 5.98. The van der Waals surface area contributed by atoms with E-state index in [0.29, 0.717) is 35.4 Å². The van der Waals surface area contributed by atoms with E-state index in [-0.39, 0.29) is 30.6 Å². The molecular formula is C20H24N8O5. The van der Waals surface area contributed by atoms with Crippen LogP contribution >= 0.6 is 0 Å². The SMILES string of the molecule is CN(Cc1cnc2nc(N)nc(N)c2n1)[13CH]1[13CH]=[13CH][13C](C(=O)N[C@@H](CCC(=O)O)C(=O)O)=[13CH][13CH2]1. The molecule has 33 heavy (non-hydrogen) atoms. The molecule has 0 radical (unpaired) electrons. The molecule has 0 spiro atoms. The summed E-state index contributed by atoms with van der Waals surface area (Å²) in [5.74, 6) is -2.81. The highest BCUT2D eigenvalue weighted by molar-refractivity contribution is 5.98. The van der Waals surface area contributed by atoms with Crippen molar-refractivity contribution in [3.63, 3.8) is 0 Å². The molecule has 2 aromatic rings. The average molecular weight is 462 g/mol. The number of amides is 1. The van der Waals surface area contributed by atoms with E-state index in [1.54, 1.807) is 18.3 Å². The van der Waals surface area contributed by atoms with Gasteiger partial charge in [0.05, 0.1) is 11.9 Å². The Hall–Kier alpha value is -4.13. The molecule has 0 aromatic carbocycles. The first kappa shape index (κ1) is 23.5. The number of carbonyl (C=O) groups is 3. The number of likely N-dealkylation sites (N-methyl/N-ethyl adjacent to an activating group) is 1. The smallest absolute Gasteiger partial charge is 0.326 e. The molecule has 13 heteroatoms. The Morgan fingerprint density at radius 3 is 2.64 bits per heavy atom. The molecule has 0 saturated heterocycles. The van der Waals surface area contributed by atoms with Crippen molar-refractivity contribution in [2.24, 2.45) is 0 Å². The predicted molar refractivity (Wildman–Crippen MR) is 117 cm³/mol. The van der Waals surface area contributed by atoms with Crippen molar-refractivity contribution < 1.29 is 24.6 Å². The van der Waals surface area contributed by atoms with Gasteiger partial charge in [0.1, 0.15) is 6.04 Å². The molecule has 3 rings (SSSR count). The van der Waals surface area contributed by atoms with Gasteiger partial charge in [-0.25, -0.2) is 14.8 Å². The highest BCUT2D eigenvalue weighted by Gasteiger charge is 2.24. The molecule has 0 bridgehead atoms. The van der Waals surface area contributed by atoms with E-state index in [9.17, 15) is 19.5 Å². The number of rotatable bonds is 9. The Kier molecular flexibility index (Phi) is 7.13. The molecule has 174 valence electrons. The molecule has 2 atom stereocenters. The average Bonchev–Trinajstić information content (AvgIpc) is 2.76. The van der Waals surface area contributed by atoms with Gasteiger partial charge in [-0.15, -0.1) is 0 Å². The summed E-state index contributed by atoms with van der Waals surface area (Å²) in [5.41, 5.74) is 13.1. The van der Waals surface area contributed by atoms with Crippen LogP contribution in [0, 0.1) is 0 Å². The molecular weight excluding hydrogens is 438 g/mol. The summed E-state index contributed by atoms with van der Waals surface area (Å²) in [7, 11) is 1.88. The van der Waals surface area contributed by atoms with Gasteiger partial charge in [0, 0.05) is 24.6 Å². The van der Waals surface area contributed by atoms with Gasteiger partial charge < -0.3 is 27.0 Å². The summed E-state index contributed by atoms with van der Waals surface area (Å²) in [5, 5.41) is 20.3. The zero-order chi connectivity index (χ0) is 24.1. The second kappa shape index (κ2) is 9.99. The Bertz CT molecular complexity index is 1150. The van der Waals surface area contributed by atoms with E-state index in [1.165, 1.54) is 0 Å². The summed E-state index contributed by atoms with van der Waals surface area (Å²) in [4.78, 5) is 53.0. The summed E-state index contributed by atoms with van der Waals surface area (Å²) in [6.45, 7) is 0.438. The van der Waals surface area contributed by atoms with Gasteiger partial charge in [-0.3, -0.25) is 14.5 Å². The minimum absolute atomic E-state index is 0.0229. The van der Waals surface area contributed by atoms with Gasteiger partial charge in [0.25, 0.3) is 5.91 Å². The van der Waals surface area contributed by atoms with Crippen LogP contribution in [0.1, 0.15) is 25.0 Å². The van der Waals surface area contributed by atoms with Gasteiger partial charge in [0.2, 0.25) is 5.95 Å². The number of aromatic nitrogens is 4. The van der Waals surface area contributed by atoms with Crippen LogP contribution in [0.25, 0.3) is 11.2 Å².